The molecule has 3 heteroatoms. The van der Waals surface area contributed by atoms with Gasteiger partial charge in [-0.25, -0.2) is 9.97 Å². The summed E-state index contributed by atoms with van der Waals surface area (Å²) in [4.78, 5) is 8.73. The SMILES string of the molecule is CC(C)(C)c1cccc(-n2c3ccccc3c3ncncc32)c1. The maximum Gasteiger partial charge on any atom is 0.116 e. The van der Waals surface area contributed by atoms with Gasteiger partial charge in [0.25, 0.3) is 0 Å². The topological polar surface area (TPSA) is 30.7 Å². The van der Waals surface area contributed by atoms with Crippen molar-refractivity contribution in [3.63, 3.8) is 0 Å². The molecule has 4 rings (SSSR count). The fourth-order valence-corrected chi connectivity index (χ4v) is 3.08. The van der Waals surface area contributed by atoms with Crippen LogP contribution < -0.4 is 0 Å². The van der Waals surface area contributed by atoms with Crippen LogP contribution in [-0.4, -0.2) is 14.5 Å². The molecule has 114 valence electrons. The Labute approximate surface area is 135 Å². The zero-order valence-electron chi connectivity index (χ0n) is 13.6. The van der Waals surface area contributed by atoms with E-state index in [0.717, 1.165) is 27.6 Å². The first kappa shape index (κ1) is 13.9. The van der Waals surface area contributed by atoms with Crippen LogP contribution in [0.3, 0.4) is 0 Å². The number of hydrogen-bond donors (Lipinski definition) is 0. The Morgan fingerprint density at radius 1 is 0.913 bits per heavy atom. The van der Waals surface area contributed by atoms with Crippen molar-refractivity contribution in [1.82, 2.24) is 14.5 Å². The Kier molecular flexibility index (Phi) is 2.98. The summed E-state index contributed by atoms with van der Waals surface area (Å²) in [6.45, 7) is 6.71. The van der Waals surface area contributed by atoms with Gasteiger partial charge in [0.15, 0.2) is 0 Å². The second-order valence-corrected chi connectivity index (χ2v) is 6.91. The van der Waals surface area contributed by atoms with E-state index in [4.69, 9.17) is 0 Å². The minimum Gasteiger partial charge on any atom is -0.306 e. The van der Waals surface area contributed by atoms with E-state index in [9.17, 15) is 0 Å². The van der Waals surface area contributed by atoms with Crippen LogP contribution in [0.25, 0.3) is 27.6 Å². The quantitative estimate of drug-likeness (QED) is 0.502. The molecular formula is C20H19N3. The lowest BCUT2D eigenvalue weighted by Crippen LogP contribution is -2.11. The Balaban J connectivity index is 2.09. The zero-order chi connectivity index (χ0) is 16.0. The van der Waals surface area contributed by atoms with Gasteiger partial charge < -0.3 is 4.57 Å². The predicted molar refractivity (Wildman–Crippen MR) is 95.1 cm³/mol. The van der Waals surface area contributed by atoms with Crippen LogP contribution >= 0.6 is 0 Å². The van der Waals surface area contributed by atoms with E-state index in [1.165, 1.54) is 5.56 Å². The van der Waals surface area contributed by atoms with Crippen LogP contribution in [0.2, 0.25) is 0 Å². The van der Waals surface area contributed by atoms with Crippen molar-refractivity contribution in [1.29, 1.82) is 0 Å². The summed E-state index contributed by atoms with van der Waals surface area (Å²) < 4.78 is 2.25. The second-order valence-electron chi connectivity index (χ2n) is 6.91. The van der Waals surface area contributed by atoms with Gasteiger partial charge in [-0.05, 0) is 29.2 Å². The van der Waals surface area contributed by atoms with Gasteiger partial charge in [0.2, 0.25) is 0 Å². The van der Waals surface area contributed by atoms with Crippen LogP contribution in [0.5, 0.6) is 0 Å². The lowest BCUT2D eigenvalue weighted by atomic mass is 9.87. The summed E-state index contributed by atoms with van der Waals surface area (Å²) in [5.41, 5.74) is 5.78. The fourth-order valence-electron chi connectivity index (χ4n) is 3.08. The third-order valence-corrected chi connectivity index (χ3v) is 4.30. The second kappa shape index (κ2) is 4.92. The highest BCUT2D eigenvalue weighted by molar-refractivity contribution is 6.06. The van der Waals surface area contributed by atoms with Crippen molar-refractivity contribution >= 4 is 21.9 Å². The molecule has 3 nitrogen and oxygen atoms in total. The summed E-state index contributed by atoms with van der Waals surface area (Å²) in [6.07, 6.45) is 3.51. The van der Waals surface area contributed by atoms with E-state index in [1.54, 1.807) is 6.33 Å². The fraction of sp³-hybridized carbons (Fsp3) is 0.200. The van der Waals surface area contributed by atoms with Crippen molar-refractivity contribution in [3.8, 4) is 5.69 Å². The molecule has 0 radical (unpaired) electrons. The molecule has 0 fully saturated rings. The van der Waals surface area contributed by atoms with E-state index in [0.29, 0.717) is 0 Å². The molecule has 0 spiro atoms. The summed E-state index contributed by atoms with van der Waals surface area (Å²) in [7, 11) is 0. The minimum atomic E-state index is 0.116. The molecule has 2 aromatic heterocycles. The first-order valence-electron chi connectivity index (χ1n) is 7.86. The molecule has 2 heterocycles. The van der Waals surface area contributed by atoms with Crippen LogP contribution in [0.4, 0.5) is 0 Å². The Bertz CT molecular complexity index is 953. The smallest absolute Gasteiger partial charge is 0.116 e. The van der Waals surface area contributed by atoms with E-state index >= 15 is 0 Å². The molecule has 0 aliphatic carbocycles. The predicted octanol–water partition coefficient (Wildman–Crippen LogP) is 4.87. The molecular weight excluding hydrogens is 282 g/mol. The number of fused-ring (bicyclic) bond motifs is 3. The molecule has 0 bridgehead atoms. The van der Waals surface area contributed by atoms with Crippen molar-refractivity contribution in [2.24, 2.45) is 0 Å². The van der Waals surface area contributed by atoms with Crippen LogP contribution in [0.15, 0.2) is 61.1 Å². The number of nitrogens with zero attached hydrogens (tertiary/aromatic N) is 3. The van der Waals surface area contributed by atoms with Gasteiger partial charge in [-0.2, -0.15) is 0 Å². The Morgan fingerprint density at radius 3 is 2.57 bits per heavy atom. The first-order valence-corrected chi connectivity index (χ1v) is 7.86. The Hall–Kier alpha value is -2.68. The highest BCUT2D eigenvalue weighted by Gasteiger charge is 2.16. The molecule has 23 heavy (non-hydrogen) atoms. The van der Waals surface area contributed by atoms with Crippen molar-refractivity contribution < 1.29 is 0 Å². The monoisotopic (exact) mass is 301 g/mol. The van der Waals surface area contributed by atoms with E-state index in [1.807, 2.05) is 6.20 Å². The Morgan fingerprint density at radius 2 is 1.74 bits per heavy atom. The van der Waals surface area contributed by atoms with Gasteiger partial charge in [0.05, 0.1) is 22.7 Å². The summed E-state index contributed by atoms with van der Waals surface area (Å²) in [5.74, 6) is 0. The lowest BCUT2D eigenvalue weighted by Gasteiger charge is -2.20. The highest BCUT2D eigenvalue weighted by atomic mass is 15.0. The van der Waals surface area contributed by atoms with Gasteiger partial charge in [0, 0.05) is 11.1 Å². The summed E-state index contributed by atoms with van der Waals surface area (Å²) in [5, 5.41) is 1.16. The molecule has 4 aromatic rings. The number of aromatic nitrogens is 3. The largest absolute Gasteiger partial charge is 0.306 e. The third kappa shape index (κ3) is 2.20. The van der Waals surface area contributed by atoms with Crippen LogP contribution in [-0.2, 0) is 5.41 Å². The molecule has 0 aliphatic heterocycles. The van der Waals surface area contributed by atoms with Gasteiger partial charge in [0.1, 0.15) is 6.33 Å². The minimum absolute atomic E-state index is 0.116. The summed E-state index contributed by atoms with van der Waals surface area (Å²) >= 11 is 0. The molecule has 0 saturated carbocycles. The van der Waals surface area contributed by atoms with Gasteiger partial charge in [-0.1, -0.05) is 51.1 Å². The number of rotatable bonds is 1. The molecule has 0 aliphatic rings. The molecule has 0 unspecified atom stereocenters. The average molecular weight is 301 g/mol. The zero-order valence-corrected chi connectivity index (χ0v) is 13.6. The van der Waals surface area contributed by atoms with Crippen molar-refractivity contribution in [2.75, 3.05) is 0 Å². The maximum absolute atomic E-state index is 4.49. The number of hydrogen-bond acceptors (Lipinski definition) is 2. The average Bonchev–Trinajstić information content (AvgIpc) is 2.89. The maximum atomic E-state index is 4.49. The van der Waals surface area contributed by atoms with E-state index in [2.05, 4.69) is 83.8 Å². The van der Waals surface area contributed by atoms with Crippen molar-refractivity contribution in [2.45, 2.75) is 26.2 Å². The standard InChI is InChI=1S/C20H19N3/c1-20(2,3)14-7-6-8-15(11-14)23-17-10-5-4-9-16(17)19-18(23)12-21-13-22-19/h4-13H,1-3H3. The molecule has 0 atom stereocenters. The normalized spacial score (nSPS) is 12.1. The number of para-hydroxylation sites is 1. The molecule has 0 N–H and O–H groups in total. The van der Waals surface area contributed by atoms with Gasteiger partial charge in [-0.3, -0.25) is 0 Å². The van der Waals surface area contributed by atoms with E-state index in [-0.39, 0.29) is 5.41 Å². The first-order chi connectivity index (χ1) is 11.1. The molecule has 2 aromatic carbocycles. The van der Waals surface area contributed by atoms with Gasteiger partial charge >= 0.3 is 0 Å². The van der Waals surface area contributed by atoms with Crippen LogP contribution in [0, 0.1) is 0 Å². The highest BCUT2D eigenvalue weighted by Crippen LogP contribution is 2.31. The molecule has 0 amide bonds. The van der Waals surface area contributed by atoms with Gasteiger partial charge in [-0.15, -0.1) is 0 Å². The van der Waals surface area contributed by atoms with Crippen LogP contribution in [0.1, 0.15) is 26.3 Å². The van der Waals surface area contributed by atoms with Crippen molar-refractivity contribution in [3.05, 3.63) is 66.6 Å². The van der Waals surface area contributed by atoms with E-state index < -0.39 is 0 Å². The lowest BCUT2D eigenvalue weighted by molar-refractivity contribution is 0.590. The third-order valence-electron chi connectivity index (χ3n) is 4.30. The number of benzene rings is 2. The molecule has 0 saturated heterocycles. The summed E-state index contributed by atoms with van der Waals surface area (Å²) in [6, 6.07) is 17.1.